The Morgan fingerprint density at radius 1 is 1.10 bits per heavy atom. The molecule has 9 heteroatoms. The van der Waals surface area contributed by atoms with Crippen LogP contribution in [0.3, 0.4) is 0 Å². The van der Waals surface area contributed by atoms with E-state index in [2.05, 4.69) is 20.2 Å². The van der Waals surface area contributed by atoms with Crippen molar-refractivity contribution in [1.29, 1.82) is 0 Å². The Hall–Kier alpha value is -4.27. The Labute approximate surface area is 168 Å². The first kappa shape index (κ1) is 17.8. The van der Waals surface area contributed by atoms with Crippen LogP contribution in [0.2, 0.25) is 0 Å². The van der Waals surface area contributed by atoms with Crippen LogP contribution >= 0.6 is 0 Å². The number of aromatic hydroxyl groups is 1. The number of nitrogens with one attached hydrogen (secondary N) is 1. The highest BCUT2D eigenvalue weighted by atomic mass is 19.1. The first-order valence-corrected chi connectivity index (χ1v) is 9.05. The Balaban J connectivity index is 1.58. The minimum absolute atomic E-state index is 0.0261. The van der Waals surface area contributed by atoms with Gasteiger partial charge in [-0.15, -0.1) is 0 Å². The van der Waals surface area contributed by atoms with Crippen molar-refractivity contribution in [2.75, 3.05) is 0 Å². The van der Waals surface area contributed by atoms with Gasteiger partial charge < -0.3 is 14.6 Å². The Morgan fingerprint density at radius 3 is 2.67 bits per heavy atom. The zero-order valence-electron chi connectivity index (χ0n) is 15.4. The highest BCUT2D eigenvalue weighted by Gasteiger charge is 2.23. The average Bonchev–Trinajstić information content (AvgIpc) is 3.37. The molecule has 5 aromatic rings. The molecule has 0 bridgehead atoms. The van der Waals surface area contributed by atoms with Crippen LogP contribution in [0.1, 0.15) is 5.56 Å². The van der Waals surface area contributed by atoms with Crippen LogP contribution in [0, 0.1) is 5.82 Å². The van der Waals surface area contributed by atoms with E-state index < -0.39 is 11.4 Å². The molecule has 2 N–H and O–H groups in total. The van der Waals surface area contributed by atoms with Crippen LogP contribution in [0.5, 0.6) is 5.75 Å². The number of aromatic nitrogens is 5. The van der Waals surface area contributed by atoms with Crippen molar-refractivity contribution in [3.63, 3.8) is 0 Å². The van der Waals surface area contributed by atoms with Crippen molar-refractivity contribution in [3.8, 4) is 28.6 Å². The fourth-order valence-corrected chi connectivity index (χ4v) is 3.25. The molecule has 0 saturated carbocycles. The van der Waals surface area contributed by atoms with E-state index >= 15 is 0 Å². The summed E-state index contributed by atoms with van der Waals surface area (Å²) in [7, 11) is 0. The van der Waals surface area contributed by atoms with Gasteiger partial charge >= 0.3 is 0 Å². The summed E-state index contributed by atoms with van der Waals surface area (Å²) >= 11 is 0. The van der Waals surface area contributed by atoms with E-state index in [-0.39, 0.29) is 28.6 Å². The molecule has 5 rings (SSSR count). The topological polar surface area (TPSA) is 110 Å². The molecule has 0 fully saturated rings. The number of hydrogen-bond donors (Lipinski definition) is 2. The maximum atomic E-state index is 14.0. The van der Waals surface area contributed by atoms with Crippen LogP contribution in [0.25, 0.3) is 33.9 Å². The van der Waals surface area contributed by atoms with Gasteiger partial charge in [-0.3, -0.25) is 4.79 Å². The molecule has 8 nitrogen and oxygen atoms in total. The SMILES string of the molecule is O=c1[nH]c2c(cnn2Cc2ccccc2)c(O)c1-c1nc(-c2ccccc2F)no1. The van der Waals surface area contributed by atoms with E-state index in [9.17, 15) is 14.3 Å². The van der Waals surface area contributed by atoms with Gasteiger partial charge in [0.1, 0.15) is 22.8 Å². The molecule has 0 spiro atoms. The quantitative estimate of drug-likeness (QED) is 0.476. The molecule has 0 amide bonds. The van der Waals surface area contributed by atoms with Gasteiger partial charge in [0, 0.05) is 0 Å². The van der Waals surface area contributed by atoms with Gasteiger partial charge in [-0.25, -0.2) is 9.07 Å². The standard InChI is InChI=1S/C21H14FN5O3/c22-15-9-5-4-8-13(15)18-24-21(30-26-18)16-17(28)14-10-23-27(19(14)25-20(16)29)11-12-6-2-1-3-7-12/h1-10H,11H2,(H2,25,28,29). The molecule has 0 atom stereocenters. The maximum Gasteiger partial charge on any atom is 0.267 e. The third-order valence-electron chi connectivity index (χ3n) is 4.72. The van der Waals surface area contributed by atoms with Crippen LogP contribution < -0.4 is 5.56 Å². The van der Waals surface area contributed by atoms with Crippen molar-refractivity contribution < 1.29 is 14.0 Å². The largest absolute Gasteiger partial charge is 0.506 e. The lowest BCUT2D eigenvalue weighted by Gasteiger charge is -2.05. The first-order valence-electron chi connectivity index (χ1n) is 9.05. The molecule has 0 aliphatic rings. The second kappa shape index (κ2) is 6.96. The molecule has 148 valence electrons. The molecule has 0 unspecified atom stereocenters. The lowest BCUT2D eigenvalue weighted by molar-refractivity contribution is 0.425. The molecule has 0 aliphatic carbocycles. The van der Waals surface area contributed by atoms with Crippen molar-refractivity contribution in [2.45, 2.75) is 6.54 Å². The van der Waals surface area contributed by atoms with Gasteiger partial charge in [-0.2, -0.15) is 10.1 Å². The fourth-order valence-electron chi connectivity index (χ4n) is 3.25. The molecule has 0 radical (unpaired) electrons. The minimum atomic E-state index is -0.626. The number of hydrogen-bond acceptors (Lipinski definition) is 6. The number of nitrogens with zero attached hydrogens (tertiary/aromatic N) is 4. The molecular formula is C21H14FN5O3. The second-order valence-corrected chi connectivity index (χ2v) is 6.63. The van der Waals surface area contributed by atoms with Gasteiger partial charge in [0.15, 0.2) is 0 Å². The van der Waals surface area contributed by atoms with Crippen molar-refractivity contribution in [1.82, 2.24) is 24.9 Å². The number of pyridine rings is 1. The van der Waals surface area contributed by atoms with E-state index in [0.29, 0.717) is 17.6 Å². The maximum absolute atomic E-state index is 14.0. The van der Waals surface area contributed by atoms with Crippen LogP contribution in [-0.4, -0.2) is 30.0 Å². The third-order valence-corrected chi connectivity index (χ3v) is 4.72. The van der Waals surface area contributed by atoms with Crippen LogP contribution in [0.4, 0.5) is 4.39 Å². The molecule has 3 heterocycles. The lowest BCUT2D eigenvalue weighted by Crippen LogP contribution is -2.12. The smallest absolute Gasteiger partial charge is 0.267 e. The van der Waals surface area contributed by atoms with E-state index in [1.807, 2.05) is 30.3 Å². The van der Waals surface area contributed by atoms with Gasteiger partial charge in [0.2, 0.25) is 5.82 Å². The van der Waals surface area contributed by atoms with E-state index in [1.165, 1.54) is 24.4 Å². The summed E-state index contributed by atoms with van der Waals surface area (Å²) in [4.78, 5) is 19.5. The number of aromatic amines is 1. The summed E-state index contributed by atoms with van der Waals surface area (Å²) < 4.78 is 20.7. The molecule has 0 aliphatic heterocycles. The first-order chi connectivity index (χ1) is 14.6. The second-order valence-electron chi connectivity index (χ2n) is 6.63. The minimum Gasteiger partial charge on any atom is -0.506 e. The van der Waals surface area contributed by atoms with Gasteiger partial charge in [-0.1, -0.05) is 47.6 Å². The van der Waals surface area contributed by atoms with Crippen molar-refractivity contribution >= 4 is 11.0 Å². The third kappa shape index (κ3) is 2.93. The van der Waals surface area contributed by atoms with Gasteiger partial charge in [0.05, 0.1) is 23.7 Å². The Bertz CT molecular complexity index is 1420. The normalized spacial score (nSPS) is 11.2. The van der Waals surface area contributed by atoms with E-state index in [1.54, 1.807) is 10.7 Å². The summed E-state index contributed by atoms with van der Waals surface area (Å²) in [6.45, 7) is 0.414. The summed E-state index contributed by atoms with van der Waals surface area (Å²) in [5, 5.41) is 19.0. The molecular weight excluding hydrogens is 389 g/mol. The number of H-pyrrole nitrogens is 1. The number of benzene rings is 2. The van der Waals surface area contributed by atoms with E-state index in [0.717, 1.165) is 5.56 Å². The molecule has 30 heavy (non-hydrogen) atoms. The van der Waals surface area contributed by atoms with Crippen molar-refractivity contribution in [3.05, 3.63) is 82.5 Å². The fraction of sp³-hybridized carbons (Fsp3) is 0.0476. The molecule has 3 aromatic heterocycles. The summed E-state index contributed by atoms with van der Waals surface area (Å²) in [5.41, 5.74) is 0.646. The Kier molecular flexibility index (Phi) is 4.13. The Morgan fingerprint density at radius 2 is 1.87 bits per heavy atom. The van der Waals surface area contributed by atoms with Crippen LogP contribution in [-0.2, 0) is 6.54 Å². The zero-order valence-corrected chi connectivity index (χ0v) is 15.4. The summed E-state index contributed by atoms with van der Waals surface area (Å²) in [5.74, 6) is -1.11. The summed E-state index contributed by atoms with van der Waals surface area (Å²) in [6, 6.07) is 15.5. The van der Waals surface area contributed by atoms with Crippen LogP contribution in [0.15, 0.2) is 70.1 Å². The number of halogens is 1. The average molecular weight is 403 g/mol. The van der Waals surface area contributed by atoms with Gasteiger partial charge in [-0.05, 0) is 17.7 Å². The lowest BCUT2D eigenvalue weighted by atomic mass is 10.2. The number of fused-ring (bicyclic) bond motifs is 1. The molecule has 2 aromatic carbocycles. The van der Waals surface area contributed by atoms with Gasteiger partial charge in [0.25, 0.3) is 11.4 Å². The molecule has 0 saturated heterocycles. The predicted molar refractivity (Wildman–Crippen MR) is 106 cm³/mol. The zero-order chi connectivity index (χ0) is 20.7. The predicted octanol–water partition coefficient (Wildman–Crippen LogP) is 3.33. The highest BCUT2D eigenvalue weighted by Crippen LogP contribution is 2.32. The van der Waals surface area contributed by atoms with E-state index in [4.69, 9.17) is 4.52 Å². The monoisotopic (exact) mass is 403 g/mol. The highest BCUT2D eigenvalue weighted by molar-refractivity contribution is 5.88. The number of rotatable bonds is 4. The summed E-state index contributed by atoms with van der Waals surface area (Å²) in [6.07, 6.45) is 1.45. The van der Waals surface area contributed by atoms with Crippen molar-refractivity contribution in [2.24, 2.45) is 0 Å².